The van der Waals surface area contributed by atoms with E-state index in [1.807, 2.05) is 24.3 Å². The summed E-state index contributed by atoms with van der Waals surface area (Å²) in [5, 5.41) is 2.84. The van der Waals surface area contributed by atoms with E-state index < -0.39 is 0 Å². The average molecular weight is 380 g/mol. The molecule has 18 heavy (non-hydrogen) atoms. The number of nitrogens with one attached hydrogen (secondary N) is 1. The van der Waals surface area contributed by atoms with Crippen LogP contribution in [0.2, 0.25) is 0 Å². The van der Waals surface area contributed by atoms with Gasteiger partial charge >= 0.3 is 0 Å². The van der Waals surface area contributed by atoms with Gasteiger partial charge in [-0.05, 0) is 58.7 Å². The van der Waals surface area contributed by atoms with Crippen LogP contribution in [-0.2, 0) is 0 Å². The number of carbonyl (C=O) groups excluding carboxylic acids is 1. The predicted octanol–water partition coefficient (Wildman–Crippen LogP) is 4.06. The Morgan fingerprint density at radius 2 is 1.89 bits per heavy atom. The van der Waals surface area contributed by atoms with E-state index in [4.69, 9.17) is 11.6 Å². The molecule has 0 bridgehead atoms. The van der Waals surface area contributed by atoms with Crippen LogP contribution >= 0.6 is 34.2 Å². The van der Waals surface area contributed by atoms with Crippen LogP contribution in [0.4, 0.5) is 0 Å². The van der Waals surface area contributed by atoms with Gasteiger partial charge in [0.15, 0.2) is 0 Å². The molecule has 1 aromatic carbocycles. The highest BCUT2D eigenvalue weighted by Crippen LogP contribution is 2.23. The molecule has 1 aromatic rings. The number of alkyl halides is 1. The molecule has 0 aliphatic rings. The minimum atomic E-state index is -0.0639. The Bertz CT molecular complexity index is 397. The van der Waals surface area contributed by atoms with E-state index in [0.717, 1.165) is 9.99 Å². The molecule has 1 atom stereocenters. The van der Waals surface area contributed by atoms with E-state index in [9.17, 15) is 4.79 Å². The van der Waals surface area contributed by atoms with E-state index in [-0.39, 0.29) is 16.7 Å². The predicted molar refractivity (Wildman–Crippen MR) is 85.2 cm³/mol. The Kier molecular flexibility index (Phi) is 5.92. The second-order valence-corrected chi connectivity index (χ2v) is 7.44. The largest absolute Gasteiger partial charge is 0.351 e. The second-order valence-electron chi connectivity index (χ2n) is 5.58. The zero-order valence-corrected chi connectivity index (χ0v) is 13.9. The van der Waals surface area contributed by atoms with Crippen molar-refractivity contribution in [1.82, 2.24) is 5.32 Å². The van der Waals surface area contributed by atoms with E-state index in [0.29, 0.717) is 12.1 Å². The van der Waals surface area contributed by atoms with Crippen LogP contribution in [0.15, 0.2) is 24.3 Å². The zero-order valence-electron chi connectivity index (χ0n) is 11.0. The smallest absolute Gasteiger partial charge is 0.251 e. The van der Waals surface area contributed by atoms with Gasteiger partial charge in [0.2, 0.25) is 0 Å². The third-order valence-corrected chi connectivity index (χ3v) is 3.45. The average Bonchev–Trinajstić information content (AvgIpc) is 2.24. The topological polar surface area (TPSA) is 29.1 Å². The van der Waals surface area contributed by atoms with E-state index in [2.05, 4.69) is 48.7 Å². The van der Waals surface area contributed by atoms with Gasteiger partial charge in [0, 0.05) is 15.7 Å². The summed E-state index contributed by atoms with van der Waals surface area (Å²) in [5.41, 5.74) is 0.857. The highest BCUT2D eigenvalue weighted by atomic mass is 127. The van der Waals surface area contributed by atoms with Crippen molar-refractivity contribution in [1.29, 1.82) is 0 Å². The molecule has 0 fully saturated rings. The molecule has 0 radical (unpaired) electrons. The molecule has 0 saturated carbocycles. The Balaban J connectivity index is 2.44. The van der Waals surface area contributed by atoms with Crippen LogP contribution in [0, 0.1) is 8.99 Å². The third-order valence-electron chi connectivity index (χ3n) is 2.42. The summed E-state index contributed by atoms with van der Waals surface area (Å²) in [6.07, 6.45) is 0.877. The molecular weight excluding hydrogens is 361 g/mol. The highest BCUT2D eigenvalue weighted by molar-refractivity contribution is 14.1. The molecule has 4 heteroatoms. The van der Waals surface area contributed by atoms with Crippen LogP contribution in [0.5, 0.6) is 0 Å². The van der Waals surface area contributed by atoms with Crippen molar-refractivity contribution in [3.8, 4) is 0 Å². The van der Waals surface area contributed by atoms with Crippen molar-refractivity contribution >= 4 is 40.1 Å². The SMILES string of the molecule is CC(C)(C)CC(Cl)CNC(=O)c1ccc(I)cc1. The fourth-order valence-electron chi connectivity index (χ4n) is 1.64. The first-order valence-electron chi connectivity index (χ1n) is 5.96. The molecule has 1 rings (SSSR count). The zero-order chi connectivity index (χ0) is 13.8. The van der Waals surface area contributed by atoms with Crippen LogP contribution in [0.1, 0.15) is 37.6 Å². The maximum Gasteiger partial charge on any atom is 0.251 e. The molecular formula is C14H19ClINO. The number of hydrogen-bond acceptors (Lipinski definition) is 1. The number of amides is 1. The van der Waals surface area contributed by atoms with Gasteiger partial charge in [-0.2, -0.15) is 0 Å². The highest BCUT2D eigenvalue weighted by Gasteiger charge is 2.17. The summed E-state index contributed by atoms with van der Waals surface area (Å²) in [5.74, 6) is -0.0639. The maximum absolute atomic E-state index is 11.9. The van der Waals surface area contributed by atoms with Crippen molar-refractivity contribution in [2.45, 2.75) is 32.6 Å². The van der Waals surface area contributed by atoms with Gasteiger partial charge < -0.3 is 5.32 Å². The van der Waals surface area contributed by atoms with E-state index in [1.165, 1.54) is 0 Å². The molecule has 100 valence electrons. The summed E-state index contributed by atoms with van der Waals surface area (Å²) in [7, 11) is 0. The van der Waals surface area contributed by atoms with Crippen molar-refractivity contribution in [3.05, 3.63) is 33.4 Å². The van der Waals surface area contributed by atoms with Gasteiger partial charge in [-0.15, -0.1) is 11.6 Å². The molecule has 0 aromatic heterocycles. The number of benzene rings is 1. The lowest BCUT2D eigenvalue weighted by molar-refractivity contribution is 0.0952. The molecule has 1 unspecified atom stereocenters. The third kappa shape index (κ3) is 6.05. The van der Waals surface area contributed by atoms with Crippen molar-refractivity contribution < 1.29 is 4.79 Å². The molecule has 1 amide bonds. The Hall–Kier alpha value is -0.290. The van der Waals surface area contributed by atoms with Crippen LogP contribution in [-0.4, -0.2) is 17.8 Å². The number of carbonyl (C=O) groups is 1. The monoisotopic (exact) mass is 379 g/mol. The first-order chi connectivity index (χ1) is 8.28. The first kappa shape index (κ1) is 15.8. The minimum absolute atomic E-state index is 0.0298. The summed E-state index contributed by atoms with van der Waals surface area (Å²) >= 11 is 8.42. The van der Waals surface area contributed by atoms with E-state index >= 15 is 0 Å². The second kappa shape index (κ2) is 6.75. The van der Waals surface area contributed by atoms with Crippen molar-refractivity contribution in [2.75, 3.05) is 6.54 Å². The molecule has 0 saturated heterocycles. The number of halogens is 2. The Morgan fingerprint density at radius 1 is 1.33 bits per heavy atom. The number of rotatable bonds is 4. The molecule has 0 aliphatic carbocycles. The van der Waals surface area contributed by atoms with Gasteiger partial charge in [0.25, 0.3) is 5.91 Å². The van der Waals surface area contributed by atoms with Gasteiger partial charge in [0.05, 0.1) is 5.38 Å². The van der Waals surface area contributed by atoms with Gasteiger partial charge in [-0.1, -0.05) is 20.8 Å². The van der Waals surface area contributed by atoms with Gasteiger partial charge in [-0.3, -0.25) is 4.79 Å². The fraction of sp³-hybridized carbons (Fsp3) is 0.500. The normalized spacial score (nSPS) is 13.2. The summed E-state index contributed by atoms with van der Waals surface area (Å²) in [6, 6.07) is 7.49. The molecule has 0 heterocycles. The van der Waals surface area contributed by atoms with Crippen molar-refractivity contribution in [2.24, 2.45) is 5.41 Å². The molecule has 2 nitrogen and oxygen atoms in total. The quantitative estimate of drug-likeness (QED) is 0.620. The molecule has 0 spiro atoms. The van der Waals surface area contributed by atoms with Gasteiger partial charge in [-0.25, -0.2) is 0 Å². The summed E-state index contributed by atoms with van der Waals surface area (Å²) in [6.45, 7) is 6.93. The maximum atomic E-state index is 11.9. The lowest BCUT2D eigenvalue weighted by Crippen LogP contribution is -2.31. The first-order valence-corrected chi connectivity index (χ1v) is 7.47. The molecule has 1 N–H and O–H groups in total. The fourth-order valence-corrected chi connectivity index (χ4v) is 2.54. The van der Waals surface area contributed by atoms with Crippen molar-refractivity contribution in [3.63, 3.8) is 0 Å². The van der Waals surface area contributed by atoms with Crippen LogP contribution in [0.25, 0.3) is 0 Å². The van der Waals surface area contributed by atoms with Crippen LogP contribution in [0.3, 0.4) is 0 Å². The number of hydrogen-bond donors (Lipinski definition) is 1. The standard InChI is InChI=1S/C14H19ClINO/c1-14(2,3)8-11(15)9-17-13(18)10-4-6-12(16)7-5-10/h4-7,11H,8-9H2,1-3H3,(H,17,18). The Morgan fingerprint density at radius 3 is 2.39 bits per heavy atom. The van der Waals surface area contributed by atoms with E-state index in [1.54, 1.807) is 0 Å². The Labute approximate surface area is 128 Å². The van der Waals surface area contributed by atoms with Crippen LogP contribution < -0.4 is 5.32 Å². The summed E-state index contributed by atoms with van der Waals surface area (Å²) in [4.78, 5) is 11.9. The lowest BCUT2D eigenvalue weighted by atomic mass is 9.90. The minimum Gasteiger partial charge on any atom is -0.351 e. The summed E-state index contributed by atoms with van der Waals surface area (Å²) < 4.78 is 1.12. The molecule has 0 aliphatic heterocycles. The van der Waals surface area contributed by atoms with Gasteiger partial charge in [0.1, 0.15) is 0 Å². The lowest BCUT2D eigenvalue weighted by Gasteiger charge is -2.21.